The minimum absolute atomic E-state index is 0.0779. The van der Waals surface area contributed by atoms with Crippen LogP contribution in [0.3, 0.4) is 0 Å². The number of amides is 1. The highest BCUT2D eigenvalue weighted by atomic mass is 16.2. The lowest BCUT2D eigenvalue weighted by atomic mass is 9.89. The first-order valence-corrected chi connectivity index (χ1v) is 7.46. The fraction of sp³-hybridized carbons (Fsp3) is 0.0500. The number of nitrogens with zero attached hydrogens (tertiary/aromatic N) is 1. The molecule has 2 heteroatoms. The first-order valence-electron chi connectivity index (χ1n) is 7.46. The maximum atomic E-state index is 12.0. The van der Waals surface area contributed by atoms with E-state index in [1.165, 1.54) is 32.7 Å². The lowest BCUT2D eigenvalue weighted by Gasteiger charge is -2.27. The fourth-order valence-electron chi connectivity index (χ4n) is 3.64. The maximum absolute atomic E-state index is 12.0. The zero-order valence-corrected chi connectivity index (χ0v) is 11.9. The summed E-state index contributed by atoms with van der Waals surface area (Å²) in [5, 5.41) is 5.03. The summed E-state index contributed by atoms with van der Waals surface area (Å²) >= 11 is 0. The van der Waals surface area contributed by atoms with Gasteiger partial charge in [0.25, 0.3) is 5.91 Å². The second-order valence-corrected chi connectivity index (χ2v) is 5.81. The van der Waals surface area contributed by atoms with Gasteiger partial charge in [-0.05, 0) is 44.8 Å². The third-order valence-electron chi connectivity index (χ3n) is 4.67. The van der Waals surface area contributed by atoms with Gasteiger partial charge in [0.05, 0.1) is 6.54 Å². The van der Waals surface area contributed by atoms with Gasteiger partial charge in [0.1, 0.15) is 0 Å². The molecule has 0 fully saturated rings. The molecule has 2 nitrogen and oxygen atoms in total. The number of benzene rings is 3. The van der Waals surface area contributed by atoms with Gasteiger partial charge < -0.3 is 4.90 Å². The van der Waals surface area contributed by atoms with E-state index in [-0.39, 0.29) is 5.91 Å². The molecule has 2 heterocycles. The molecule has 0 bridgehead atoms. The van der Waals surface area contributed by atoms with E-state index in [4.69, 9.17) is 0 Å². The van der Waals surface area contributed by atoms with E-state index in [0.29, 0.717) is 6.54 Å². The maximum Gasteiger partial charge on any atom is 0.251 e. The monoisotopic (exact) mass is 283 g/mol. The molecule has 3 aromatic rings. The van der Waals surface area contributed by atoms with E-state index >= 15 is 0 Å². The Labute approximate surface area is 128 Å². The van der Waals surface area contributed by atoms with Gasteiger partial charge in [0, 0.05) is 11.8 Å². The van der Waals surface area contributed by atoms with Gasteiger partial charge in [0.15, 0.2) is 0 Å². The molecule has 0 unspecified atom stereocenters. The second kappa shape index (κ2) is 4.08. The second-order valence-electron chi connectivity index (χ2n) is 5.81. The highest BCUT2D eigenvalue weighted by Crippen LogP contribution is 2.39. The number of rotatable bonds is 0. The number of fused-ring (bicyclic) bond motifs is 7. The number of allylic oxidation sites excluding steroid dienone is 1. The number of hydrogen-bond acceptors (Lipinski definition) is 1. The Hall–Kier alpha value is -2.87. The third-order valence-corrected chi connectivity index (χ3v) is 4.67. The molecular formula is C20H13NO. The molecule has 2 aliphatic rings. The third kappa shape index (κ3) is 1.41. The van der Waals surface area contributed by atoms with Crippen molar-refractivity contribution in [2.24, 2.45) is 0 Å². The highest BCUT2D eigenvalue weighted by molar-refractivity contribution is 6.13. The zero-order chi connectivity index (χ0) is 14.7. The molecule has 0 spiro atoms. The predicted molar refractivity (Wildman–Crippen MR) is 89.1 cm³/mol. The van der Waals surface area contributed by atoms with Gasteiger partial charge in [-0.1, -0.05) is 48.5 Å². The number of carbonyl (C=O) groups excluding carboxylic acids is 1. The largest absolute Gasteiger partial charge is 0.304 e. The van der Waals surface area contributed by atoms with Crippen molar-refractivity contribution in [3.63, 3.8) is 0 Å². The summed E-state index contributed by atoms with van der Waals surface area (Å²) in [4.78, 5) is 13.9. The summed E-state index contributed by atoms with van der Waals surface area (Å²) in [7, 11) is 0. The van der Waals surface area contributed by atoms with Crippen LogP contribution in [0.2, 0.25) is 0 Å². The summed E-state index contributed by atoms with van der Waals surface area (Å²) in [6, 6.07) is 17.0. The Bertz CT molecular complexity index is 1030. The van der Waals surface area contributed by atoms with Crippen molar-refractivity contribution in [2.45, 2.75) is 6.54 Å². The Kier molecular flexibility index (Phi) is 2.18. The summed E-state index contributed by atoms with van der Waals surface area (Å²) < 4.78 is 0. The zero-order valence-electron chi connectivity index (χ0n) is 11.9. The van der Waals surface area contributed by atoms with Crippen molar-refractivity contribution in [1.82, 2.24) is 4.90 Å². The Balaban J connectivity index is 1.97. The molecule has 0 aromatic heterocycles. The summed E-state index contributed by atoms with van der Waals surface area (Å²) in [5.41, 5.74) is 3.49. The van der Waals surface area contributed by atoms with Crippen LogP contribution in [0.25, 0.3) is 27.6 Å². The summed E-state index contributed by atoms with van der Waals surface area (Å²) in [6.07, 6.45) is 5.71. The van der Waals surface area contributed by atoms with Gasteiger partial charge >= 0.3 is 0 Å². The van der Waals surface area contributed by atoms with E-state index < -0.39 is 0 Å². The predicted octanol–water partition coefficient (Wildman–Crippen LogP) is 4.25. The molecule has 0 aliphatic carbocycles. The van der Waals surface area contributed by atoms with Crippen molar-refractivity contribution >= 4 is 33.5 Å². The van der Waals surface area contributed by atoms with E-state index in [2.05, 4.69) is 54.6 Å². The highest BCUT2D eigenvalue weighted by Gasteiger charge is 2.27. The Morgan fingerprint density at radius 1 is 0.773 bits per heavy atom. The molecule has 0 N–H and O–H groups in total. The lowest BCUT2D eigenvalue weighted by Crippen LogP contribution is -2.26. The van der Waals surface area contributed by atoms with E-state index in [1.54, 1.807) is 6.08 Å². The normalized spacial score (nSPS) is 16.1. The number of hydrogen-bond donors (Lipinski definition) is 0. The molecule has 1 amide bonds. The standard InChI is InChI=1S/C20H13NO/c22-20-10-9-13-11-18-16-7-3-1-5-14(16)15-6-2-4-8-17(15)19(18)12-21(13)20/h1-11H,12H2. The lowest BCUT2D eigenvalue weighted by molar-refractivity contribution is -0.123. The fourth-order valence-corrected chi connectivity index (χ4v) is 3.64. The Morgan fingerprint density at radius 3 is 2.18 bits per heavy atom. The van der Waals surface area contributed by atoms with Crippen LogP contribution in [0.5, 0.6) is 0 Å². The molecular weight excluding hydrogens is 270 g/mol. The minimum Gasteiger partial charge on any atom is -0.304 e. The van der Waals surface area contributed by atoms with Crippen molar-refractivity contribution in [3.8, 4) is 0 Å². The summed E-state index contributed by atoms with van der Waals surface area (Å²) in [5.74, 6) is 0.0779. The van der Waals surface area contributed by atoms with Crippen molar-refractivity contribution in [1.29, 1.82) is 0 Å². The van der Waals surface area contributed by atoms with Crippen LogP contribution in [0, 0.1) is 0 Å². The number of carbonyl (C=O) groups is 1. The van der Waals surface area contributed by atoms with Crippen LogP contribution < -0.4 is 0 Å². The van der Waals surface area contributed by atoms with Crippen LogP contribution >= 0.6 is 0 Å². The molecule has 0 saturated heterocycles. The molecule has 3 aromatic carbocycles. The molecule has 2 aliphatic heterocycles. The van der Waals surface area contributed by atoms with Crippen LogP contribution in [-0.4, -0.2) is 10.8 Å². The van der Waals surface area contributed by atoms with Gasteiger partial charge in [-0.25, -0.2) is 0 Å². The molecule has 104 valence electrons. The quantitative estimate of drug-likeness (QED) is 0.565. The smallest absolute Gasteiger partial charge is 0.251 e. The van der Waals surface area contributed by atoms with Crippen LogP contribution in [0.1, 0.15) is 11.1 Å². The minimum atomic E-state index is 0.0779. The first kappa shape index (κ1) is 11.8. The molecule has 0 radical (unpaired) electrons. The average molecular weight is 283 g/mol. The van der Waals surface area contributed by atoms with Crippen molar-refractivity contribution in [3.05, 3.63) is 77.5 Å². The van der Waals surface area contributed by atoms with Crippen LogP contribution in [0.15, 0.2) is 66.4 Å². The molecule has 0 saturated carbocycles. The van der Waals surface area contributed by atoms with Crippen LogP contribution in [-0.2, 0) is 11.3 Å². The topological polar surface area (TPSA) is 20.3 Å². The van der Waals surface area contributed by atoms with Gasteiger partial charge in [-0.3, -0.25) is 4.79 Å². The van der Waals surface area contributed by atoms with Gasteiger partial charge in [-0.15, -0.1) is 0 Å². The van der Waals surface area contributed by atoms with Gasteiger partial charge in [-0.2, -0.15) is 0 Å². The van der Waals surface area contributed by atoms with Crippen LogP contribution in [0.4, 0.5) is 0 Å². The van der Waals surface area contributed by atoms with E-state index in [0.717, 1.165) is 5.70 Å². The SMILES string of the molecule is O=C1C=CC2=Cc3c(c4ccccc4c4ccccc34)CN12. The van der Waals surface area contributed by atoms with Crippen molar-refractivity contribution in [2.75, 3.05) is 0 Å². The molecule has 0 atom stereocenters. The molecule has 22 heavy (non-hydrogen) atoms. The summed E-state index contributed by atoms with van der Waals surface area (Å²) in [6.45, 7) is 0.651. The van der Waals surface area contributed by atoms with E-state index in [1.807, 2.05) is 11.0 Å². The Morgan fingerprint density at radius 2 is 1.41 bits per heavy atom. The van der Waals surface area contributed by atoms with E-state index in [9.17, 15) is 4.79 Å². The molecule has 5 rings (SSSR count). The first-order chi connectivity index (χ1) is 10.8. The van der Waals surface area contributed by atoms with Crippen molar-refractivity contribution < 1.29 is 4.79 Å². The van der Waals surface area contributed by atoms with Gasteiger partial charge in [0.2, 0.25) is 0 Å². The average Bonchev–Trinajstić information content (AvgIpc) is 2.94.